The largest absolute Gasteiger partial charge is 0.313 e. The molecule has 0 bridgehead atoms. The average Bonchev–Trinajstić information content (AvgIpc) is 2.81. The molecule has 1 N–H and O–H groups in total. The maximum absolute atomic E-state index is 4.23. The summed E-state index contributed by atoms with van der Waals surface area (Å²) in [7, 11) is 0. The number of nitrogens with zero attached hydrogens (tertiary/aromatic N) is 2. The Morgan fingerprint density at radius 3 is 2.69 bits per heavy atom. The van der Waals surface area contributed by atoms with Crippen molar-refractivity contribution < 1.29 is 0 Å². The molecule has 84 valence electrons. The van der Waals surface area contributed by atoms with Crippen LogP contribution in [0.5, 0.6) is 0 Å². The quantitative estimate of drug-likeness (QED) is 0.827. The van der Waals surface area contributed by atoms with Crippen LogP contribution in [-0.2, 0) is 13.1 Å². The molecule has 16 heavy (non-hydrogen) atoms. The first-order valence-electron chi connectivity index (χ1n) is 5.65. The molecular formula is C13H17N3. The number of hydrogen-bond donors (Lipinski definition) is 1. The van der Waals surface area contributed by atoms with E-state index in [0.717, 1.165) is 19.6 Å². The second-order valence-electron chi connectivity index (χ2n) is 3.75. The van der Waals surface area contributed by atoms with Crippen LogP contribution in [0.1, 0.15) is 18.1 Å². The van der Waals surface area contributed by atoms with Crippen LogP contribution in [0.25, 0.3) is 0 Å². The smallest absolute Gasteiger partial charge is 0.0662 e. The van der Waals surface area contributed by atoms with Crippen molar-refractivity contribution in [2.24, 2.45) is 0 Å². The minimum absolute atomic E-state index is 0.842. The van der Waals surface area contributed by atoms with Gasteiger partial charge in [-0.1, -0.05) is 31.2 Å². The number of benzene rings is 1. The molecule has 0 atom stereocenters. The van der Waals surface area contributed by atoms with Gasteiger partial charge in [-0.15, -0.1) is 0 Å². The van der Waals surface area contributed by atoms with Crippen molar-refractivity contribution in [2.45, 2.75) is 20.0 Å². The second kappa shape index (κ2) is 5.47. The van der Waals surface area contributed by atoms with E-state index in [1.54, 1.807) is 0 Å². The van der Waals surface area contributed by atoms with Crippen LogP contribution in [0.2, 0.25) is 0 Å². The highest BCUT2D eigenvalue weighted by atomic mass is 15.3. The fraction of sp³-hybridized carbons (Fsp3) is 0.308. The van der Waals surface area contributed by atoms with E-state index in [0.29, 0.717) is 0 Å². The summed E-state index contributed by atoms with van der Waals surface area (Å²) >= 11 is 0. The molecule has 1 heterocycles. The molecule has 2 aromatic rings. The van der Waals surface area contributed by atoms with Gasteiger partial charge >= 0.3 is 0 Å². The van der Waals surface area contributed by atoms with Crippen LogP contribution < -0.4 is 5.32 Å². The lowest BCUT2D eigenvalue weighted by Gasteiger charge is -2.09. The van der Waals surface area contributed by atoms with Crippen molar-refractivity contribution in [1.82, 2.24) is 15.1 Å². The Balaban J connectivity index is 2.13. The molecule has 0 amide bonds. The first-order valence-corrected chi connectivity index (χ1v) is 5.65. The molecule has 0 spiro atoms. The molecule has 2 rings (SSSR count). The van der Waals surface area contributed by atoms with Gasteiger partial charge in [-0.05, 0) is 23.7 Å². The molecule has 0 aliphatic rings. The van der Waals surface area contributed by atoms with Crippen LogP contribution in [0.4, 0.5) is 0 Å². The molecule has 1 aromatic carbocycles. The monoisotopic (exact) mass is 215 g/mol. The van der Waals surface area contributed by atoms with Gasteiger partial charge in [0.1, 0.15) is 0 Å². The number of rotatable bonds is 5. The number of hydrogen-bond acceptors (Lipinski definition) is 2. The zero-order valence-electron chi connectivity index (χ0n) is 9.56. The topological polar surface area (TPSA) is 29.9 Å². The van der Waals surface area contributed by atoms with E-state index in [2.05, 4.69) is 41.6 Å². The average molecular weight is 215 g/mol. The van der Waals surface area contributed by atoms with E-state index >= 15 is 0 Å². The van der Waals surface area contributed by atoms with Crippen molar-refractivity contribution in [3.8, 4) is 0 Å². The molecule has 0 unspecified atom stereocenters. The SMILES string of the molecule is CCNCc1ccccc1Cn1cccn1. The van der Waals surface area contributed by atoms with Crippen molar-refractivity contribution in [1.29, 1.82) is 0 Å². The lowest BCUT2D eigenvalue weighted by Crippen LogP contribution is -2.14. The van der Waals surface area contributed by atoms with E-state index in [9.17, 15) is 0 Å². The Hall–Kier alpha value is -1.61. The Labute approximate surface area is 96.1 Å². The third-order valence-corrected chi connectivity index (χ3v) is 2.58. The van der Waals surface area contributed by atoms with Crippen molar-refractivity contribution in [3.05, 3.63) is 53.9 Å². The molecule has 0 saturated heterocycles. The van der Waals surface area contributed by atoms with Gasteiger partial charge in [-0.25, -0.2) is 0 Å². The normalized spacial score (nSPS) is 10.6. The summed E-state index contributed by atoms with van der Waals surface area (Å²) < 4.78 is 1.95. The summed E-state index contributed by atoms with van der Waals surface area (Å²) in [6.07, 6.45) is 3.80. The van der Waals surface area contributed by atoms with Gasteiger partial charge in [0.15, 0.2) is 0 Å². The van der Waals surface area contributed by atoms with Crippen molar-refractivity contribution in [3.63, 3.8) is 0 Å². The van der Waals surface area contributed by atoms with Gasteiger partial charge in [0, 0.05) is 18.9 Å². The molecular weight excluding hydrogens is 198 g/mol. The zero-order valence-corrected chi connectivity index (χ0v) is 9.56. The minimum Gasteiger partial charge on any atom is -0.313 e. The standard InChI is InChI=1S/C13H17N3/c1-2-14-10-12-6-3-4-7-13(12)11-16-9-5-8-15-16/h3-9,14H,2,10-11H2,1H3. The number of nitrogens with one attached hydrogen (secondary N) is 1. The van der Waals surface area contributed by atoms with Gasteiger partial charge in [-0.3, -0.25) is 4.68 Å². The molecule has 3 nitrogen and oxygen atoms in total. The Kier molecular flexibility index (Phi) is 3.72. The summed E-state index contributed by atoms with van der Waals surface area (Å²) in [5, 5.41) is 7.58. The maximum Gasteiger partial charge on any atom is 0.0662 e. The van der Waals surface area contributed by atoms with Gasteiger partial charge in [0.05, 0.1) is 6.54 Å². The van der Waals surface area contributed by atoms with E-state index in [-0.39, 0.29) is 0 Å². The zero-order chi connectivity index (χ0) is 11.2. The lowest BCUT2D eigenvalue weighted by molar-refractivity contribution is 0.666. The third kappa shape index (κ3) is 2.70. The van der Waals surface area contributed by atoms with Gasteiger partial charge in [0.25, 0.3) is 0 Å². The van der Waals surface area contributed by atoms with Gasteiger partial charge in [-0.2, -0.15) is 5.10 Å². The minimum atomic E-state index is 0.842. The highest BCUT2D eigenvalue weighted by molar-refractivity contribution is 5.27. The summed E-state index contributed by atoms with van der Waals surface area (Å²) in [5.41, 5.74) is 2.67. The Morgan fingerprint density at radius 1 is 1.19 bits per heavy atom. The second-order valence-corrected chi connectivity index (χ2v) is 3.75. The highest BCUT2D eigenvalue weighted by Crippen LogP contribution is 2.09. The molecule has 3 heteroatoms. The summed E-state index contributed by atoms with van der Waals surface area (Å²) in [6, 6.07) is 10.4. The van der Waals surface area contributed by atoms with E-state index < -0.39 is 0 Å². The summed E-state index contributed by atoms with van der Waals surface area (Å²) in [4.78, 5) is 0. The first-order chi connectivity index (χ1) is 7.90. The molecule has 0 fully saturated rings. The van der Waals surface area contributed by atoms with Gasteiger partial charge in [0.2, 0.25) is 0 Å². The lowest BCUT2D eigenvalue weighted by atomic mass is 10.1. The van der Waals surface area contributed by atoms with Crippen molar-refractivity contribution in [2.75, 3.05) is 6.54 Å². The molecule has 0 radical (unpaired) electrons. The molecule has 1 aromatic heterocycles. The van der Waals surface area contributed by atoms with Crippen LogP contribution in [0.3, 0.4) is 0 Å². The summed E-state index contributed by atoms with van der Waals surface area (Å²) in [6.45, 7) is 4.88. The van der Waals surface area contributed by atoms with Crippen LogP contribution in [0.15, 0.2) is 42.7 Å². The van der Waals surface area contributed by atoms with Crippen LogP contribution in [0, 0.1) is 0 Å². The summed E-state index contributed by atoms with van der Waals surface area (Å²) in [5.74, 6) is 0. The molecule has 0 saturated carbocycles. The Bertz CT molecular complexity index is 421. The number of aromatic nitrogens is 2. The van der Waals surface area contributed by atoms with Crippen LogP contribution >= 0.6 is 0 Å². The highest BCUT2D eigenvalue weighted by Gasteiger charge is 2.01. The maximum atomic E-state index is 4.23. The molecule has 0 aliphatic heterocycles. The first kappa shape index (κ1) is 10.9. The van der Waals surface area contributed by atoms with Crippen molar-refractivity contribution >= 4 is 0 Å². The van der Waals surface area contributed by atoms with E-state index in [1.165, 1.54) is 11.1 Å². The van der Waals surface area contributed by atoms with E-state index in [1.807, 2.05) is 23.1 Å². The fourth-order valence-electron chi connectivity index (χ4n) is 1.71. The predicted octanol–water partition coefficient (Wildman–Crippen LogP) is 2.04. The van der Waals surface area contributed by atoms with E-state index in [4.69, 9.17) is 0 Å². The third-order valence-electron chi connectivity index (χ3n) is 2.58. The fourth-order valence-corrected chi connectivity index (χ4v) is 1.71. The molecule has 0 aliphatic carbocycles. The van der Waals surface area contributed by atoms with Gasteiger partial charge < -0.3 is 5.32 Å². The van der Waals surface area contributed by atoms with Crippen LogP contribution in [-0.4, -0.2) is 16.3 Å². The Morgan fingerprint density at radius 2 is 2.00 bits per heavy atom. The predicted molar refractivity (Wildman–Crippen MR) is 65.2 cm³/mol.